The molecular weight excluding hydrogens is 364 g/mol. The van der Waals surface area contributed by atoms with Gasteiger partial charge in [-0.1, -0.05) is 43.3 Å². The van der Waals surface area contributed by atoms with Crippen molar-refractivity contribution in [3.05, 3.63) is 65.9 Å². The highest BCUT2D eigenvalue weighted by molar-refractivity contribution is 5.98. The Kier molecular flexibility index (Phi) is 5.41. The Hall–Kier alpha value is -3.05. The van der Waals surface area contributed by atoms with Crippen LogP contribution in [-0.4, -0.2) is 35.9 Å². The molecule has 1 aromatic heterocycles. The van der Waals surface area contributed by atoms with Gasteiger partial charge in [0.1, 0.15) is 6.04 Å². The number of aromatic nitrogens is 1. The zero-order valence-electron chi connectivity index (χ0n) is 16.6. The van der Waals surface area contributed by atoms with Crippen LogP contribution in [0.3, 0.4) is 0 Å². The molecule has 0 saturated carbocycles. The smallest absolute Gasteiger partial charge is 0.323 e. The van der Waals surface area contributed by atoms with Crippen molar-refractivity contribution >= 4 is 22.7 Å². The monoisotopic (exact) mass is 388 g/mol. The number of rotatable bonds is 5. The average Bonchev–Trinajstić information content (AvgIpc) is 3.18. The number of carbonyl (C=O) groups excluding carboxylic acids is 2. The minimum Gasteiger partial charge on any atom is -0.456 e. The quantitative estimate of drug-likeness (QED) is 0.530. The summed E-state index contributed by atoms with van der Waals surface area (Å²) in [5.41, 5.74) is 4.58. The summed E-state index contributed by atoms with van der Waals surface area (Å²) in [6.45, 7) is 4.64. The van der Waals surface area contributed by atoms with E-state index >= 15 is 0 Å². The summed E-state index contributed by atoms with van der Waals surface area (Å²) in [6.07, 6.45) is 0.753. The fourth-order valence-electron chi connectivity index (χ4n) is 3.67. The van der Waals surface area contributed by atoms with E-state index in [1.54, 1.807) is 12.1 Å². The maximum absolute atomic E-state index is 12.4. The number of fused-ring (bicyclic) bond motifs is 1. The molecule has 2 heterocycles. The third-order valence-corrected chi connectivity index (χ3v) is 5.35. The fraction of sp³-hybridized carbons (Fsp3) is 0.292. The third-order valence-electron chi connectivity index (χ3n) is 5.35. The second-order valence-electron chi connectivity index (χ2n) is 7.77. The number of aryl methyl sites for hydroxylation is 1. The van der Waals surface area contributed by atoms with Gasteiger partial charge in [-0.25, -0.2) is 0 Å². The molecule has 1 fully saturated rings. The van der Waals surface area contributed by atoms with E-state index in [1.807, 2.05) is 37.3 Å². The van der Waals surface area contributed by atoms with Crippen molar-refractivity contribution < 1.29 is 14.3 Å². The average molecular weight is 388 g/mol. The Balaban J connectivity index is 1.41. The number of carbonyl (C=O) groups is 2. The SMILES string of the molecule is Cc1ccc2cc(-c3ccc(C(=O)COC(=O)[C@@H]4C[C@H](C)CN4)cc3)ccc2n1. The van der Waals surface area contributed by atoms with Crippen molar-refractivity contribution in [1.82, 2.24) is 10.3 Å². The summed E-state index contributed by atoms with van der Waals surface area (Å²) >= 11 is 0. The predicted octanol–water partition coefficient (Wildman–Crippen LogP) is 3.93. The molecule has 0 bridgehead atoms. The zero-order chi connectivity index (χ0) is 20.4. The molecule has 3 aromatic rings. The van der Waals surface area contributed by atoms with E-state index in [1.165, 1.54) is 0 Å². The Morgan fingerprint density at radius 2 is 1.83 bits per heavy atom. The van der Waals surface area contributed by atoms with Gasteiger partial charge >= 0.3 is 5.97 Å². The van der Waals surface area contributed by atoms with E-state index in [9.17, 15) is 9.59 Å². The number of hydrogen-bond donors (Lipinski definition) is 1. The van der Waals surface area contributed by atoms with Crippen LogP contribution in [-0.2, 0) is 9.53 Å². The van der Waals surface area contributed by atoms with Crippen molar-refractivity contribution in [2.45, 2.75) is 26.3 Å². The van der Waals surface area contributed by atoms with Crippen LogP contribution in [0.4, 0.5) is 0 Å². The standard InChI is InChI=1S/C24H24N2O3/c1-15-11-22(25-13-15)24(28)29-14-23(27)18-7-5-17(6-8-18)19-9-10-21-20(12-19)4-3-16(2)26-21/h3-10,12,15,22,25H,11,13-14H2,1-2H3/t15-,22-/m0/s1. The molecular formula is C24H24N2O3. The highest BCUT2D eigenvalue weighted by Crippen LogP contribution is 2.24. The summed E-state index contributed by atoms with van der Waals surface area (Å²) in [5.74, 6) is -0.0980. The zero-order valence-corrected chi connectivity index (χ0v) is 16.6. The van der Waals surface area contributed by atoms with Crippen molar-refractivity contribution in [3.63, 3.8) is 0 Å². The van der Waals surface area contributed by atoms with E-state index in [0.717, 1.165) is 40.7 Å². The summed E-state index contributed by atoms with van der Waals surface area (Å²) in [6, 6.07) is 17.3. The first-order chi connectivity index (χ1) is 14.0. The Bertz CT molecular complexity index is 1060. The van der Waals surface area contributed by atoms with Crippen LogP contribution in [0, 0.1) is 12.8 Å². The normalized spacial score (nSPS) is 18.7. The van der Waals surface area contributed by atoms with Gasteiger partial charge in [-0.05, 0) is 55.1 Å². The minimum atomic E-state index is -0.348. The van der Waals surface area contributed by atoms with Crippen molar-refractivity contribution in [1.29, 1.82) is 0 Å². The van der Waals surface area contributed by atoms with E-state index in [-0.39, 0.29) is 24.4 Å². The summed E-state index contributed by atoms with van der Waals surface area (Å²) < 4.78 is 5.21. The number of ether oxygens (including phenoxy) is 1. The van der Waals surface area contributed by atoms with Crippen LogP contribution in [0.25, 0.3) is 22.0 Å². The molecule has 4 rings (SSSR count). The van der Waals surface area contributed by atoms with Gasteiger partial charge < -0.3 is 10.1 Å². The first kappa shape index (κ1) is 19.3. The summed E-state index contributed by atoms with van der Waals surface area (Å²) in [5, 5.41) is 4.20. The first-order valence-electron chi connectivity index (χ1n) is 9.90. The van der Waals surface area contributed by atoms with Crippen LogP contribution in [0.1, 0.15) is 29.4 Å². The van der Waals surface area contributed by atoms with E-state index in [2.05, 4.69) is 29.4 Å². The number of esters is 1. The third kappa shape index (κ3) is 4.35. The summed E-state index contributed by atoms with van der Waals surface area (Å²) in [4.78, 5) is 29.0. The summed E-state index contributed by atoms with van der Waals surface area (Å²) in [7, 11) is 0. The van der Waals surface area contributed by atoms with Crippen molar-refractivity contribution in [3.8, 4) is 11.1 Å². The number of nitrogens with zero attached hydrogens (tertiary/aromatic N) is 1. The second-order valence-corrected chi connectivity index (χ2v) is 7.77. The van der Waals surface area contributed by atoms with E-state index in [4.69, 9.17) is 4.74 Å². The van der Waals surface area contributed by atoms with Crippen LogP contribution < -0.4 is 5.32 Å². The lowest BCUT2D eigenvalue weighted by atomic mass is 10.0. The lowest BCUT2D eigenvalue weighted by molar-refractivity contribution is -0.144. The van der Waals surface area contributed by atoms with Crippen LogP contribution >= 0.6 is 0 Å². The molecule has 0 radical (unpaired) electrons. The molecule has 2 atom stereocenters. The molecule has 5 heteroatoms. The molecule has 0 aliphatic carbocycles. The van der Waals surface area contributed by atoms with Gasteiger partial charge in [0.15, 0.2) is 12.4 Å². The maximum Gasteiger partial charge on any atom is 0.323 e. The molecule has 0 unspecified atom stereocenters. The first-order valence-corrected chi connectivity index (χ1v) is 9.90. The molecule has 0 amide bonds. The highest BCUT2D eigenvalue weighted by Gasteiger charge is 2.28. The molecule has 2 aromatic carbocycles. The Labute approximate surface area is 170 Å². The van der Waals surface area contributed by atoms with E-state index in [0.29, 0.717) is 11.5 Å². The van der Waals surface area contributed by atoms with Gasteiger partial charge in [0.25, 0.3) is 0 Å². The predicted molar refractivity (Wildman–Crippen MR) is 113 cm³/mol. The topological polar surface area (TPSA) is 68.3 Å². The fourth-order valence-corrected chi connectivity index (χ4v) is 3.67. The van der Waals surface area contributed by atoms with Gasteiger partial charge in [-0.2, -0.15) is 0 Å². The Morgan fingerprint density at radius 1 is 1.07 bits per heavy atom. The number of Topliss-reactive ketones (excluding diaryl/α,β-unsaturated/α-hetero) is 1. The number of benzene rings is 2. The van der Waals surface area contributed by atoms with E-state index < -0.39 is 0 Å². The Morgan fingerprint density at radius 3 is 2.55 bits per heavy atom. The second kappa shape index (κ2) is 8.13. The molecule has 148 valence electrons. The van der Waals surface area contributed by atoms with Crippen LogP contribution in [0.15, 0.2) is 54.6 Å². The van der Waals surface area contributed by atoms with Crippen LogP contribution in [0.2, 0.25) is 0 Å². The largest absolute Gasteiger partial charge is 0.456 e. The van der Waals surface area contributed by atoms with Gasteiger partial charge in [0.05, 0.1) is 5.52 Å². The molecule has 1 N–H and O–H groups in total. The molecule has 1 aliphatic rings. The lowest BCUT2D eigenvalue weighted by Crippen LogP contribution is -2.33. The number of ketones is 1. The number of pyridine rings is 1. The van der Waals surface area contributed by atoms with Gasteiger partial charge in [0, 0.05) is 16.6 Å². The number of hydrogen-bond acceptors (Lipinski definition) is 5. The van der Waals surface area contributed by atoms with Crippen molar-refractivity contribution in [2.75, 3.05) is 13.2 Å². The molecule has 1 aliphatic heterocycles. The lowest BCUT2D eigenvalue weighted by Gasteiger charge is -2.10. The van der Waals surface area contributed by atoms with Crippen molar-refractivity contribution in [2.24, 2.45) is 5.92 Å². The maximum atomic E-state index is 12.4. The highest BCUT2D eigenvalue weighted by atomic mass is 16.5. The van der Waals surface area contributed by atoms with Crippen LogP contribution in [0.5, 0.6) is 0 Å². The molecule has 5 nitrogen and oxygen atoms in total. The molecule has 1 saturated heterocycles. The molecule has 0 spiro atoms. The van der Waals surface area contributed by atoms with Gasteiger partial charge in [0.2, 0.25) is 0 Å². The van der Waals surface area contributed by atoms with Gasteiger partial charge in [-0.3, -0.25) is 14.6 Å². The van der Waals surface area contributed by atoms with Gasteiger partial charge in [-0.15, -0.1) is 0 Å². The molecule has 29 heavy (non-hydrogen) atoms. The number of nitrogens with one attached hydrogen (secondary N) is 1. The minimum absolute atomic E-state index is 0.200.